The number of amides is 2. The van der Waals surface area contributed by atoms with Gasteiger partial charge in [0.2, 0.25) is 5.91 Å². The number of ether oxygens (including phenoxy) is 1. The van der Waals surface area contributed by atoms with Crippen molar-refractivity contribution < 1.29 is 14.3 Å². The number of rotatable bonds is 3. The quantitative estimate of drug-likeness (QED) is 0.856. The third-order valence-electron chi connectivity index (χ3n) is 3.40. The van der Waals surface area contributed by atoms with Gasteiger partial charge in [-0.1, -0.05) is 30.3 Å². The molecule has 0 aliphatic carbocycles. The van der Waals surface area contributed by atoms with Crippen molar-refractivity contribution in [2.24, 2.45) is 0 Å². The van der Waals surface area contributed by atoms with Crippen LogP contribution in [0.3, 0.4) is 0 Å². The summed E-state index contributed by atoms with van der Waals surface area (Å²) in [7, 11) is 0. The molecule has 1 aliphatic rings. The fraction of sp³-hybridized carbons (Fsp3) is 0.111. The standard InChI is InChI=1S/C18H16N2O3/c1-12-18(22)20-15-11-14(8-9-16(15)23-12)19-17(21)10-7-13-5-3-2-4-6-13/h2-12H,1H3,(H,19,21)(H,20,22)/b10-7+. The third-order valence-corrected chi connectivity index (χ3v) is 3.40. The summed E-state index contributed by atoms with van der Waals surface area (Å²) in [5.74, 6) is 0.144. The van der Waals surface area contributed by atoms with E-state index in [4.69, 9.17) is 4.74 Å². The molecule has 1 heterocycles. The summed E-state index contributed by atoms with van der Waals surface area (Å²) in [6.45, 7) is 1.68. The summed E-state index contributed by atoms with van der Waals surface area (Å²) in [6, 6.07) is 14.7. The van der Waals surface area contributed by atoms with Gasteiger partial charge >= 0.3 is 0 Å². The van der Waals surface area contributed by atoms with E-state index in [1.54, 1.807) is 31.2 Å². The lowest BCUT2D eigenvalue weighted by Gasteiger charge is -2.23. The normalized spacial score (nSPS) is 16.4. The average Bonchev–Trinajstić information content (AvgIpc) is 2.55. The van der Waals surface area contributed by atoms with Crippen LogP contribution in [0.15, 0.2) is 54.6 Å². The highest BCUT2D eigenvalue weighted by atomic mass is 16.5. The van der Waals surface area contributed by atoms with Crippen LogP contribution in [0.2, 0.25) is 0 Å². The molecule has 0 fully saturated rings. The van der Waals surface area contributed by atoms with Gasteiger partial charge in [-0.15, -0.1) is 0 Å². The Morgan fingerprint density at radius 1 is 1.22 bits per heavy atom. The molecule has 5 heteroatoms. The predicted molar refractivity (Wildman–Crippen MR) is 89.3 cm³/mol. The van der Waals surface area contributed by atoms with E-state index < -0.39 is 6.10 Å². The minimum absolute atomic E-state index is 0.204. The molecule has 0 spiro atoms. The number of fused-ring (bicyclic) bond motifs is 1. The Labute approximate surface area is 134 Å². The monoisotopic (exact) mass is 308 g/mol. The molecule has 3 rings (SSSR count). The highest BCUT2D eigenvalue weighted by molar-refractivity contribution is 6.03. The first-order valence-corrected chi connectivity index (χ1v) is 7.27. The largest absolute Gasteiger partial charge is 0.479 e. The van der Waals surface area contributed by atoms with Crippen LogP contribution in [0.25, 0.3) is 6.08 Å². The van der Waals surface area contributed by atoms with Gasteiger partial charge in [-0.25, -0.2) is 0 Å². The SMILES string of the molecule is CC1Oc2ccc(NC(=O)/C=C/c3ccccc3)cc2NC1=O. The van der Waals surface area contributed by atoms with Gasteiger partial charge in [0.25, 0.3) is 5.91 Å². The van der Waals surface area contributed by atoms with Gasteiger partial charge in [-0.2, -0.15) is 0 Å². The molecule has 0 aromatic heterocycles. The summed E-state index contributed by atoms with van der Waals surface area (Å²) in [6.07, 6.45) is 2.68. The topological polar surface area (TPSA) is 67.4 Å². The second kappa shape index (κ2) is 6.36. The number of carbonyl (C=O) groups is 2. The molecule has 2 aromatic rings. The van der Waals surface area contributed by atoms with Gasteiger partial charge < -0.3 is 15.4 Å². The number of hydrogen-bond donors (Lipinski definition) is 2. The van der Waals surface area contributed by atoms with Crippen LogP contribution in [0.1, 0.15) is 12.5 Å². The summed E-state index contributed by atoms with van der Waals surface area (Å²) in [4.78, 5) is 23.6. The molecule has 0 saturated heterocycles. The third kappa shape index (κ3) is 3.58. The first kappa shape index (κ1) is 14.8. The maximum absolute atomic E-state index is 12.0. The van der Waals surface area contributed by atoms with Crippen LogP contribution in [0, 0.1) is 0 Å². The predicted octanol–water partition coefficient (Wildman–Crippen LogP) is 3.06. The van der Waals surface area contributed by atoms with E-state index in [-0.39, 0.29) is 11.8 Å². The maximum atomic E-state index is 12.0. The van der Waals surface area contributed by atoms with E-state index in [0.29, 0.717) is 17.1 Å². The molecule has 0 bridgehead atoms. The zero-order valence-electron chi connectivity index (χ0n) is 12.6. The fourth-order valence-electron chi connectivity index (χ4n) is 2.21. The Kier molecular flexibility index (Phi) is 4.10. The Morgan fingerprint density at radius 3 is 2.78 bits per heavy atom. The van der Waals surface area contributed by atoms with Crippen LogP contribution < -0.4 is 15.4 Å². The van der Waals surface area contributed by atoms with Gasteiger partial charge in [-0.05, 0) is 36.8 Å². The highest BCUT2D eigenvalue weighted by Crippen LogP contribution is 2.32. The van der Waals surface area contributed by atoms with Crippen LogP contribution in [0.4, 0.5) is 11.4 Å². The van der Waals surface area contributed by atoms with Gasteiger partial charge in [-0.3, -0.25) is 9.59 Å². The second-order valence-corrected chi connectivity index (χ2v) is 5.19. The van der Waals surface area contributed by atoms with Gasteiger partial charge in [0, 0.05) is 11.8 Å². The molecule has 23 heavy (non-hydrogen) atoms. The van der Waals surface area contributed by atoms with E-state index in [0.717, 1.165) is 5.56 Å². The smallest absolute Gasteiger partial charge is 0.265 e. The van der Waals surface area contributed by atoms with E-state index in [2.05, 4.69) is 10.6 Å². The number of anilines is 2. The Hall–Kier alpha value is -3.08. The molecule has 1 atom stereocenters. The van der Waals surface area contributed by atoms with Crippen molar-refractivity contribution in [1.29, 1.82) is 0 Å². The average molecular weight is 308 g/mol. The van der Waals surface area contributed by atoms with Crippen molar-refractivity contribution in [3.8, 4) is 5.75 Å². The van der Waals surface area contributed by atoms with Crippen molar-refractivity contribution in [3.63, 3.8) is 0 Å². The van der Waals surface area contributed by atoms with Crippen molar-refractivity contribution in [2.75, 3.05) is 10.6 Å². The lowest BCUT2D eigenvalue weighted by atomic mass is 10.2. The van der Waals surface area contributed by atoms with Crippen molar-refractivity contribution >= 4 is 29.3 Å². The Balaban J connectivity index is 1.69. The van der Waals surface area contributed by atoms with Gasteiger partial charge in [0.15, 0.2) is 6.10 Å². The number of hydrogen-bond acceptors (Lipinski definition) is 3. The van der Waals surface area contributed by atoms with Crippen LogP contribution in [0.5, 0.6) is 5.75 Å². The molecule has 2 N–H and O–H groups in total. The van der Waals surface area contributed by atoms with Crippen molar-refractivity contribution in [3.05, 3.63) is 60.2 Å². The summed E-state index contributed by atoms with van der Waals surface area (Å²) < 4.78 is 5.47. The zero-order valence-corrected chi connectivity index (χ0v) is 12.6. The van der Waals surface area contributed by atoms with Crippen LogP contribution in [-0.2, 0) is 9.59 Å². The van der Waals surface area contributed by atoms with Crippen molar-refractivity contribution in [1.82, 2.24) is 0 Å². The summed E-state index contributed by atoms with van der Waals surface area (Å²) >= 11 is 0. The molecule has 5 nitrogen and oxygen atoms in total. The molecular weight excluding hydrogens is 292 g/mol. The summed E-state index contributed by atoms with van der Waals surface area (Å²) in [5, 5.41) is 5.50. The zero-order chi connectivity index (χ0) is 16.2. The molecule has 1 aliphatic heterocycles. The lowest BCUT2D eigenvalue weighted by molar-refractivity contribution is -0.122. The highest BCUT2D eigenvalue weighted by Gasteiger charge is 2.23. The first-order chi connectivity index (χ1) is 11.1. The minimum Gasteiger partial charge on any atom is -0.479 e. The van der Waals surface area contributed by atoms with E-state index in [9.17, 15) is 9.59 Å². The molecule has 0 saturated carbocycles. The molecule has 2 amide bonds. The second-order valence-electron chi connectivity index (χ2n) is 5.19. The molecule has 0 radical (unpaired) electrons. The first-order valence-electron chi connectivity index (χ1n) is 7.27. The number of benzene rings is 2. The van der Waals surface area contributed by atoms with E-state index >= 15 is 0 Å². The Bertz CT molecular complexity index is 769. The lowest BCUT2D eigenvalue weighted by Crippen LogP contribution is -2.34. The van der Waals surface area contributed by atoms with Gasteiger partial charge in [0.05, 0.1) is 5.69 Å². The molecule has 2 aromatic carbocycles. The fourth-order valence-corrected chi connectivity index (χ4v) is 2.21. The Morgan fingerprint density at radius 2 is 2.00 bits per heavy atom. The minimum atomic E-state index is -0.517. The van der Waals surface area contributed by atoms with Crippen molar-refractivity contribution in [2.45, 2.75) is 13.0 Å². The molecule has 116 valence electrons. The number of carbonyl (C=O) groups excluding carboxylic acids is 2. The van der Waals surface area contributed by atoms with Crippen LogP contribution >= 0.6 is 0 Å². The maximum Gasteiger partial charge on any atom is 0.265 e. The number of nitrogens with one attached hydrogen (secondary N) is 2. The van der Waals surface area contributed by atoms with E-state index in [1.807, 2.05) is 30.3 Å². The van der Waals surface area contributed by atoms with Gasteiger partial charge in [0.1, 0.15) is 5.75 Å². The van der Waals surface area contributed by atoms with E-state index in [1.165, 1.54) is 6.08 Å². The molecule has 1 unspecified atom stereocenters. The summed E-state index contributed by atoms with van der Waals surface area (Å²) in [5.41, 5.74) is 2.09. The molecular formula is C18H16N2O3. The van der Waals surface area contributed by atoms with Crippen LogP contribution in [-0.4, -0.2) is 17.9 Å².